The van der Waals surface area contributed by atoms with Crippen LogP contribution in [0.1, 0.15) is 30.0 Å². The van der Waals surface area contributed by atoms with E-state index in [1.54, 1.807) is 13.2 Å². The molecule has 4 heteroatoms. The van der Waals surface area contributed by atoms with Gasteiger partial charge in [0.2, 0.25) is 0 Å². The third kappa shape index (κ3) is 2.97. The fourth-order valence-corrected chi connectivity index (χ4v) is 3.23. The fraction of sp³-hybridized carbons (Fsp3) is 0.294. The number of anilines is 1. The molecule has 0 spiro atoms. The summed E-state index contributed by atoms with van der Waals surface area (Å²) < 4.78 is 5.31. The molecule has 0 saturated carbocycles. The van der Waals surface area contributed by atoms with Crippen molar-refractivity contribution in [2.45, 2.75) is 25.3 Å². The lowest BCUT2D eigenvalue weighted by molar-refractivity contribution is 0.413. The molecule has 2 aromatic rings. The standard InChI is InChI=1S/C17H17Cl2NO/c1-21-12-8-9-13-11(10-12)4-2-6-15(13)20-16-7-3-5-14(18)17(16)19/h3,5,7-10,15,20H,2,4,6H2,1H3. The van der Waals surface area contributed by atoms with Gasteiger partial charge in [-0.15, -0.1) is 0 Å². The molecule has 0 amide bonds. The van der Waals surface area contributed by atoms with Crippen molar-refractivity contribution >= 4 is 28.9 Å². The summed E-state index contributed by atoms with van der Waals surface area (Å²) in [6.07, 6.45) is 3.33. The van der Waals surface area contributed by atoms with Crippen molar-refractivity contribution < 1.29 is 4.74 Å². The van der Waals surface area contributed by atoms with Crippen molar-refractivity contribution in [1.29, 1.82) is 0 Å². The highest BCUT2D eigenvalue weighted by atomic mass is 35.5. The Labute approximate surface area is 135 Å². The summed E-state index contributed by atoms with van der Waals surface area (Å²) in [6, 6.07) is 12.2. The molecular formula is C17H17Cl2NO. The van der Waals surface area contributed by atoms with Gasteiger partial charge in [-0.25, -0.2) is 0 Å². The molecular weight excluding hydrogens is 305 g/mol. The number of ether oxygens (including phenoxy) is 1. The molecule has 2 nitrogen and oxygen atoms in total. The van der Waals surface area contributed by atoms with Crippen molar-refractivity contribution in [1.82, 2.24) is 0 Å². The van der Waals surface area contributed by atoms with Crippen LogP contribution in [0.15, 0.2) is 36.4 Å². The summed E-state index contributed by atoms with van der Waals surface area (Å²) in [6.45, 7) is 0. The second-order valence-electron chi connectivity index (χ2n) is 5.26. The molecule has 1 aliphatic carbocycles. The van der Waals surface area contributed by atoms with Crippen LogP contribution in [0.5, 0.6) is 5.75 Å². The molecule has 1 atom stereocenters. The molecule has 0 heterocycles. The Balaban J connectivity index is 1.90. The van der Waals surface area contributed by atoms with Crippen LogP contribution in [0, 0.1) is 0 Å². The number of aryl methyl sites for hydroxylation is 1. The highest BCUT2D eigenvalue weighted by molar-refractivity contribution is 6.43. The molecule has 3 rings (SSSR count). The number of hydrogen-bond donors (Lipinski definition) is 1. The smallest absolute Gasteiger partial charge is 0.119 e. The molecule has 0 radical (unpaired) electrons. The van der Waals surface area contributed by atoms with Crippen LogP contribution in [0.3, 0.4) is 0 Å². The van der Waals surface area contributed by atoms with Gasteiger partial charge in [-0.3, -0.25) is 0 Å². The number of benzene rings is 2. The Hall–Kier alpha value is -1.38. The van der Waals surface area contributed by atoms with E-state index in [1.807, 2.05) is 18.2 Å². The van der Waals surface area contributed by atoms with Crippen molar-refractivity contribution in [2.24, 2.45) is 0 Å². The van der Waals surface area contributed by atoms with Gasteiger partial charge in [0, 0.05) is 0 Å². The number of methoxy groups -OCH3 is 1. The number of rotatable bonds is 3. The Kier molecular flexibility index (Phi) is 4.27. The van der Waals surface area contributed by atoms with Crippen molar-refractivity contribution in [2.75, 3.05) is 12.4 Å². The van der Waals surface area contributed by atoms with Gasteiger partial charge >= 0.3 is 0 Å². The monoisotopic (exact) mass is 321 g/mol. The molecule has 21 heavy (non-hydrogen) atoms. The summed E-state index contributed by atoms with van der Waals surface area (Å²) >= 11 is 12.4. The first-order valence-corrected chi connectivity index (χ1v) is 7.82. The normalized spacial score (nSPS) is 17.2. The topological polar surface area (TPSA) is 21.3 Å². The van der Waals surface area contributed by atoms with Gasteiger partial charge in [0.1, 0.15) is 5.75 Å². The zero-order valence-electron chi connectivity index (χ0n) is 11.8. The van der Waals surface area contributed by atoms with Crippen molar-refractivity contribution in [3.05, 3.63) is 57.6 Å². The first-order chi connectivity index (χ1) is 10.2. The summed E-state index contributed by atoms with van der Waals surface area (Å²) in [7, 11) is 1.70. The predicted octanol–water partition coefficient (Wildman–Crippen LogP) is 5.49. The van der Waals surface area contributed by atoms with E-state index in [9.17, 15) is 0 Å². The van der Waals surface area contributed by atoms with E-state index in [4.69, 9.17) is 27.9 Å². The van der Waals surface area contributed by atoms with E-state index in [-0.39, 0.29) is 6.04 Å². The average molecular weight is 322 g/mol. The maximum absolute atomic E-state index is 6.27. The zero-order valence-corrected chi connectivity index (χ0v) is 13.3. The van der Waals surface area contributed by atoms with Crippen LogP contribution < -0.4 is 10.1 Å². The molecule has 1 N–H and O–H groups in total. The Bertz CT molecular complexity index is 657. The Morgan fingerprint density at radius 2 is 2.05 bits per heavy atom. The first kappa shape index (κ1) is 14.6. The molecule has 1 unspecified atom stereocenters. The van der Waals surface area contributed by atoms with Crippen molar-refractivity contribution in [3.63, 3.8) is 0 Å². The number of nitrogens with one attached hydrogen (secondary N) is 1. The average Bonchev–Trinajstić information content (AvgIpc) is 2.51. The summed E-state index contributed by atoms with van der Waals surface area (Å²) in [5, 5.41) is 4.69. The highest BCUT2D eigenvalue weighted by Crippen LogP contribution is 2.37. The minimum atomic E-state index is 0.260. The summed E-state index contributed by atoms with van der Waals surface area (Å²) in [5.41, 5.74) is 3.55. The van der Waals surface area contributed by atoms with Crippen LogP contribution >= 0.6 is 23.2 Å². The minimum absolute atomic E-state index is 0.260. The quantitative estimate of drug-likeness (QED) is 0.806. The maximum atomic E-state index is 6.27. The minimum Gasteiger partial charge on any atom is -0.497 e. The van der Waals surface area contributed by atoms with Crippen LogP contribution in [0.4, 0.5) is 5.69 Å². The van der Waals surface area contributed by atoms with E-state index in [0.29, 0.717) is 10.0 Å². The largest absolute Gasteiger partial charge is 0.497 e. The Morgan fingerprint density at radius 3 is 2.86 bits per heavy atom. The van der Waals surface area contributed by atoms with Gasteiger partial charge in [0.05, 0.1) is 28.9 Å². The molecule has 0 bridgehead atoms. The molecule has 2 aromatic carbocycles. The van der Waals surface area contributed by atoms with Crippen LogP contribution in [0.25, 0.3) is 0 Å². The second-order valence-corrected chi connectivity index (χ2v) is 6.04. The number of hydrogen-bond acceptors (Lipinski definition) is 2. The summed E-state index contributed by atoms with van der Waals surface area (Å²) in [4.78, 5) is 0. The second kappa shape index (κ2) is 6.17. The molecule has 0 aliphatic heterocycles. The van der Waals surface area contributed by atoms with E-state index in [0.717, 1.165) is 30.7 Å². The summed E-state index contributed by atoms with van der Waals surface area (Å²) in [5.74, 6) is 0.912. The predicted molar refractivity (Wildman–Crippen MR) is 88.8 cm³/mol. The highest BCUT2D eigenvalue weighted by Gasteiger charge is 2.21. The van der Waals surface area contributed by atoms with E-state index in [1.165, 1.54) is 11.1 Å². The van der Waals surface area contributed by atoms with Gasteiger partial charge in [-0.1, -0.05) is 35.3 Å². The molecule has 1 aliphatic rings. The van der Waals surface area contributed by atoms with Crippen LogP contribution in [0.2, 0.25) is 10.0 Å². The maximum Gasteiger partial charge on any atom is 0.119 e. The lowest BCUT2D eigenvalue weighted by Gasteiger charge is -2.28. The lowest BCUT2D eigenvalue weighted by atomic mass is 9.87. The lowest BCUT2D eigenvalue weighted by Crippen LogP contribution is -2.17. The van der Waals surface area contributed by atoms with Crippen LogP contribution in [-0.4, -0.2) is 7.11 Å². The van der Waals surface area contributed by atoms with Gasteiger partial charge in [0.25, 0.3) is 0 Å². The number of halogens is 2. The molecule has 0 aromatic heterocycles. The molecule has 110 valence electrons. The van der Waals surface area contributed by atoms with Crippen LogP contribution in [-0.2, 0) is 6.42 Å². The van der Waals surface area contributed by atoms with Gasteiger partial charge < -0.3 is 10.1 Å². The third-order valence-corrected chi connectivity index (χ3v) is 4.76. The molecule has 0 fully saturated rings. The van der Waals surface area contributed by atoms with Gasteiger partial charge in [-0.05, 0) is 54.7 Å². The van der Waals surface area contributed by atoms with E-state index >= 15 is 0 Å². The first-order valence-electron chi connectivity index (χ1n) is 7.06. The van der Waals surface area contributed by atoms with Gasteiger partial charge in [0.15, 0.2) is 0 Å². The van der Waals surface area contributed by atoms with E-state index < -0.39 is 0 Å². The van der Waals surface area contributed by atoms with Gasteiger partial charge in [-0.2, -0.15) is 0 Å². The number of fused-ring (bicyclic) bond motifs is 1. The fourth-order valence-electron chi connectivity index (χ4n) is 2.87. The zero-order chi connectivity index (χ0) is 14.8. The van der Waals surface area contributed by atoms with E-state index in [2.05, 4.69) is 17.4 Å². The molecule has 0 saturated heterocycles. The Morgan fingerprint density at radius 1 is 1.19 bits per heavy atom. The third-order valence-electron chi connectivity index (χ3n) is 3.95. The SMILES string of the molecule is COc1ccc2c(c1)CCCC2Nc1cccc(Cl)c1Cl. The van der Waals surface area contributed by atoms with Crippen molar-refractivity contribution in [3.8, 4) is 5.75 Å².